The minimum Gasteiger partial charge on any atom is -0.337 e. The fourth-order valence-corrected chi connectivity index (χ4v) is 3.31. The number of carbonyl (C=O) groups excluding carboxylic acids is 2. The van der Waals surface area contributed by atoms with Gasteiger partial charge in [-0.1, -0.05) is 13.0 Å². The molecule has 0 N–H and O–H groups in total. The molecular formula is C18H25N3O2. The molecule has 124 valence electrons. The molecule has 23 heavy (non-hydrogen) atoms. The van der Waals surface area contributed by atoms with Crippen LogP contribution in [0.4, 0.5) is 0 Å². The highest BCUT2D eigenvalue weighted by Crippen LogP contribution is 2.18. The minimum atomic E-state index is -0.0507. The zero-order valence-electron chi connectivity index (χ0n) is 13.8. The first-order valence-corrected chi connectivity index (χ1v) is 8.71. The second kappa shape index (κ2) is 7.11. The van der Waals surface area contributed by atoms with Gasteiger partial charge < -0.3 is 9.80 Å². The van der Waals surface area contributed by atoms with E-state index in [-0.39, 0.29) is 11.8 Å². The van der Waals surface area contributed by atoms with Gasteiger partial charge in [0.1, 0.15) is 11.4 Å². The monoisotopic (exact) mass is 315 g/mol. The molecule has 0 radical (unpaired) electrons. The molecule has 1 aromatic rings. The molecule has 1 aromatic heterocycles. The van der Waals surface area contributed by atoms with E-state index in [1.165, 1.54) is 6.42 Å². The van der Waals surface area contributed by atoms with E-state index >= 15 is 0 Å². The van der Waals surface area contributed by atoms with Gasteiger partial charge in [-0.3, -0.25) is 9.59 Å². The third-order valence-electron chi connectivity index (χ3n) is 4.90. The smallest absolute Gasteiger partial charge is 0.272 e. The molecule has 5 nitrogen and oxygen atoms in total. The SMILES string of the molecule is CC1CCN(C(=O)c2cccc(C(=O)N3CCCCC3)n2)CC1. The van der Waals surface area contributed by atoms with E-state index in [0.29, 0.717) is 17.3 Å². The Morgan fingerprint density at radius 3 is 2.00 bits per heavy atom. The highest BCUT2D eigenvalue weighted by atomic mass is 16.2. The van der Waals surface area contributed by atoms with E-state index in [2.05, 4.69) is 11.9 Å². The van der Waals surface area contributed by atoms with Crippen molar-refractivity contribution in [2.24, 2.45) is 5.92 Å². The quantitative estimate of drug-likeness (QED) is 0.843. The Bertz CT molecular complexity index is 573. The summed E-state index contributed by atoms with van der Waals surface area (Å²) in [7, 11) is 0. The largest absolute Gasteiger partial charge is 0.337 e. The number of pyridine rings is 1. The van der Waals surface area contributed by atoms with Crippen LogP contribution in [0.1, 0.15) is 60.0 Å². The number of hydrogen-bond acceptors (Lipinski definition) is 3. The summed E-state index contributed by atoms with van der Waals surface area (Å²) in [4.78, 5) is 33.2. The van der Waals surface area contributed by atoms with Crippen molar-refractivity contribution in [2.75, 3.05) is 26.2 Å². The molecule has 0 spiro atoms. The molecule has 3 rings (SSSR count). The van der Waals surface area contributed by atoms with Crippen LogP contribution in [0.3, 0.4) is 0 Å². The van der Waals surface area contributed by atoms with Crippen molar-refractivity contribution in [3.8, 4) is 0 Å². The molecule has 2 aliphatic rings. The normalized spacial score (nSPS) is 19.7. The Hall–Kier alpha value is -1.91. The highest BCUT2D eigenvalue weighted by Gasteiger charge is 2.24. The van der Waals surface area contributed by atoms with E-state index in [0.717, 1.165) is 51.9 Å². The van der Waals surface area contributed by atoms with E-state index in [1.807, 2.05) is 9.80 Å². The van der Waals surface area contributed by atoms with Gasteiger partial charge in [-0.15, -0.1) is 0 Å². The van der Waals surface area contributed by atoms with Gasteiger partial charge in [0.2, 0.25) is 0 Å². The number of rotatable bonds is 2. The lowest BCUT2D eigenvalue weighted by atomic mass is 9.99. The van der Waals surface area contributed by atoms with Crippen molar-refractivity contribution >= 4 is 11.8 Å². The molecule has 0 atom stereocenters. The molecule has 2 saturated heterocycles. The van der Waals surface area contributed by atoms with Crippen LogP contribution in [0.5, 0.6) is 0 Å². The molecule has 2 fully saturated rings. The Morgan fingerprint density at radius 2 is 1.43 bits per heavy atom. The molecule has 2 amide bonds. The van der Waals surface area contributed by atoms with Crippen molar-refractivity contribution in [2.45, 2.75) is 39.0 Å². The summed E-state index contributed by atoms with van der Waals surface area (Å²) in [6.45, 7) is 5.38. The van der Waals surface area contributed by atoms with Gasteiger partial charge in [-0.05, 0) is 50.2 Å². The zero-order valence-corrected chi connectivity index (χ0v) is 13.8. The fourth-order valence-electron chi connectivity index (χ4n) is 3.31. The fraction of sp³-hybridized carbons (Fsp3) is 0.611. The van der Waals surface area contributed by atoms with E-state index in [1.54, 1.807) is 18.2 Å². The van der Waals surface area contributed by atoms with Crippen LogP contribution in [0.2, 0.25) is 0 Å². The Balaban J connectivity index is 1.71. The van der Waals surface area contributed by atoms with Gasteiger partial charge >= 0.3 is 0 Å². The minimum absolute atomic E-state index is 0.0494. The molecule has 2 aliphatic heterocycles. The average molecular weight is 315 g/mol. The van der Waals surface area contributed by atoms with Crippen LogP contribution in [0.25, 0.3) is 0 Å². The number of piperidine rings is 2. The van der Waals surface area contributed by atoms with Crippen molar-refractivity contribution in [3.63, 3.8) is 0 Å². The van der Waals surface area contributed by atoms with E-state index in [4.69, 9.17) is 0 Å². The van der Waals surface area contributed by atoms with Crippen molar-refractivity contribution < 1.29 is 9.59 Å². The van der Waals surface area contributed by atoms with Gasteiger partial charge in [-0.2, -0.15) is 0 Å². The predicted octanol–water partition coefficient (Wildman–Crippen LogP) is 2.58. The first kappa shape index (κ1) is 16.0. The molecular weight excluding hydrogens is 290 g/mol. The maximum Gasteiger partial charge on any atom is 0.272 e. The van der Waals surface area contributed by atoms with E-state index < -0.39 is 0 Å². The summed E-state index contributed by atoms with van der Waals surface area (Å²) in [5, 5.41) is 0. The van der Waals surface area contributed by atoms with E-state index in [9.17, 15) is 9.59 Å². The summed E-state index contributed by atoms with van der Waals surface area (Å²) in [5.41, 5.74) is 0.783. The van der Waals surface area contributed by atoms with Gasteiger partial charge in [0.05, 0.1) is 0 Å². The molecule has 0 aliphatic carbocycles. The number of aromatic nitrogens is 1. The number of hydrogen-bond donors (Lipinski definition) is 0. The summed E-state index contributed by atoms with van der Waals surface area (Å²) in [6, 6.07) is 5.20. The Labute approximate surface area is 137 Å². The first-order chi connectivity index (χ1) is 11.1. The number of likely N-dealkylation sites (tertiary alicyclic amines) is 2. The molecule has 0 aromatic carbocycles. The second-order valence-corrected chi connectivity index (χ2v) is 6.74. The summed E-state index contributed by atoms with van der Waals surface area (Å²) >= 11 is 0. The van der Waals surface area contributed by atoms with Crippen molar-refractivity contribution in [3.05, 3.63) is 29.6 Å². The third kappa shape index (κ3) is 3.71. The van der Waals surface area contributed by atoms with Crippen LogP contribution in [0, 0.1) is 5.92 Å². The summed E-state index contributed by atoms with van der Waals surface area (Å²) in [5.74, 6) is 0.579. The van der Waals surface area contributed by atoms with Gasteiger partial charge in [-0.25, -0.2) is 4.98 Å². The van der Waals surface area contributed by atoms with Gasteiger partial charge in [0.25, 0.3) is 11.8 Å². The molecule has 0 unspecified atom stereocenters. The second-order valence-electron chi connectivity index (χ2n) is 6.74. The summed E-state index contributed by atoms with van der Waals surface area (Å²) < 4.78 is 0. The molecule has 0 bridgehead atoms. The summed E-state index contributed by atoms with van der Waals surface area (Å²) in [6.07, 6.45) is 5.37. The first-order valence-electron chi connectivity index (χ1n) is 8.71. The Morgan fingerprint density at radius 1 is 0.913 bits per heavy atom. The third-order valence-corrected chi connectivity index (χ3v) is 4.90. The van der Waals surface area contributed by atoms with Crippen LogP contribution in [-0.4, -0.2) is 52.8 Å². The number of amides is 2. The Kier molecular flexibility index (Phi) is 4.94. The van der Waals surface area contributed by atoms with Crippen molar-refractivity contribution in [1.82, 2.24) is 14.8 Å². The lowest BCUT2D eigenvalue weighted by molar-refractivity contribution is 0.0689. The maximum atomic E-state index is 12.6. The van der Waals surface area contributed by atoms with Crippen LogP contribution in [0.15, 0.2) is 18.2 Å². The van der Waals surface area contributed by atoms with Gasteiger partial charge in [0, 0.05) is 26.2 Å². The lowest BCUT2D eigenvalue weighted by Crippen LogP contribution is -2.39. The van der Waals surface area contributed by atoms with Crippen LogP contribution >= 0.6 is 0 Å². The van der Waals surface area contributed by atoms with Crippen LogP contribution in [-0.2, 0) is 0 Å². The topological polar surface area (TPSA) is 53.5 Å². The molecule has 3 heterocycles. The average Bonchev–Trinajstić information content (AvgIpc) is 2.62. The number of carbonyl (C=O) groups is 2. The highest BCUT2D eigenvalue weighted by molar-refractivity contribution is 5.96. The van der Waals surface area contributed by atoms with Gasteiger partial charge in [0.15, 0.2) is 0 Å². The maximum absolute atomic E-state index is 12.6. The predicted molar refractivity (Wildman–Crippen MR) is 88.3 cm³/mol. The van der Waals surface area contributed by atoms with Crippen LogP contribution < -0.4 is 0 Å². The molecule has 5 heteroatoms. The zero-order chi connectivity index (χ0) is 16.2. The standard InChI is InChI=1S/C18H25N3O2/c1-14-8-12-21(13-9-14)18(23)16-7-5-6-15(19-16)17(22)20-10-3-2-4-11-20/h5-7,14H,2-4,8-13H2,1H3. The lowest BCUT2D eigenvalue weighted by Gasteiger charge is -2.30. The molecule has 0 saturated carbocycles. The van der Waals surface area contributed by atoms with Crippen molar-refractivity contribution in [1.29, 1.82) is 0 Å². The number of nitrogens with zero attached hydrogens (tertiary/aromatic N) is 3.